The Kier molecular flexibility index (Phi) is 13.3. The predicted molar refractivity (Wildman–Crippen MR) is 171 cm³/mol. The smallest absolute Gasteiger partial charge is 0.303 e. The van der Waals surface area contributed by atoms with Crippen LogP contribution in [0.15, 0.2) is 29.8 Å². The molecule has 3 rings (SSSR count). The third-order valence-corrected chi connectivity index (χ3v) is 8.98. The van der Waals surface area contributed by atoms with E-state index in [9.17, 15) is 24.3 Å². The van der Waals surface area contributed by atoms with E-state index in [0.717, 1.165) is 53.8 Å². The van der Waals surface area contributed by atoms with Crippen LogP contribution in [0.5, 0.6) is 0 Å². The molecule has 1 aliphatic heterocycles. The van der Waals surface area contributed by atoms with Crippen molar-refractivity contribution in [3.05, 3.63) is 41.0 Å². The minimum Gasteiger partial charge on any atom is -0.481 e. The average Bonchev–Trinajstić information content (AvgIpc) is 3.58. The number of carboxylic acid groups (broad SMARTS) is 1. The van der Waals surface area contributed by atoms with Crippen molar-refractivity contribution < 1.29 is 29.4 Å². The number of amides is 3. The molecule has 0 radical (unpaired) electrons. The molecule has 0 bridgehead atoms. The maximum Gasteiger partial charge on any atom is 0.303 e. The molecule has 1 saturated heterocycles. The molecule has 1 aromatic heterocycles. The molecule has 1 fully saturated rings. The van der Waals surface area contributed by atoms with Crippen LogP contribution in [0.2, 0.25) is 0 Å². The molecule has 0 unspecified atom stereocenters. The van der Waals surface area contributed by atoms with Crippen LogP contribution in [0.3, 0.4) is 0 Å². The number of carboxylic acids is 1. The predicted octanol–water partition coefficient (Wildman–Crippen LogP) is 4.82. The highest BCUT2D eigenvalue weighted by molar-refractivity contribution is 7.13. The summed E-state index contributed by atoms with van der Waals surface area (Å²) in [5.41, 5.74) is 4.17. The number of likely N-dealkylation sites (tertiary alicyclic amines) is 1. The normalized spacial score (nSPS) is 17.3. The second-order valence-corrected chi connectivity index (χ2v) is 13.7. The summed E-state index contributed by atoms with van der Waals surface area (Å²) in [6.07, 6.45) is 5.95. The van der Waals surface area contributed by atoms with E-state index in [4.69, 9.17) is 5.11 Å². The SMILES string of the molecule is Cc1ncsc1-c1ccc(CNC(=O)[C@@H]2C[C@@H](O)CN2C(=O)[C@H](NC(=O)CCCCCCCCCC(=O)O)C(C)(C)C)cc1. The summed E-state index contributed by atoms with van der Waals surface area (Å²) >= 11 is 1.58. The molecule has 10 nitrogen and oxygen atoms in total. The molecule has 0 spiro atoms. The number of aryl methyl sites for hydroxylation is 1. The number of carbonyl (C=O) groups excluding carboxylic acids is 3. The van der Waals surface area contributed by atoms with E-state index in [1.165, 1.54) is 4.90 Å². The zero-order chi connectivity index (χ0) is 32.3. The second kappa shape index (κ2) is 16.7. The van der Waals surface area contributed by atoms with E-state index in [0.29, 0.717) is 19.3 Å². The number of hydrogen-bond acceptors (Lipinski definition) is 7. The number of nitrogens with one attached hydrogen (secondary N) is 2. The van der Waals surface area contributed by atoms with E-state index < -0.39 is 29.6 Å². The third-order valence-electron chi connectivity index (χ3n) is 8.01. The number of aromatic nitrogens is 1. The summed E-state index contributed by atoms with van der Waals surface area (Å²) in [4.78, 5) is 57.3. The zero-order valence-electron chi connectivity index (χ0n) is 26.4. The Bertz CT molecular complexity index is 1260. The van der Waals surface area contributed by atoms with Crippen molar-refractivity contribution in [3.8, 4) is 10.4 Å². The van der Waals surface area contributed by atoms with Crippen molar-refractivity contribution in [1.82, 2.24) is 20.5 Å². The first kappa shape index (κ1) is 35.2. The van der Waals surface area contributed by atoms with E-state index in [1.807, 2.05) is 57.5 Å². The van der Waals surface area contributed by atoms with Gasteiger partial charge in [0.2, 0.25) is 17.7 Å². The van der Waals surface area contributed by atoms with Crippen LogP contribution in [-0.4, -0.2) is 68.5 Å². The first-order valence-electron chi connectivity index (χ1n) is 15.6. The van der Waals surface area contributed by atoms with E-state index in [1.54, 1.807) is 11.3 Å². The number of aliphatic hydroxyl groups excluding tert-OH is 1. The van der Waals surface area contributed by atoms with Gasteiger partial charge in [0.25, 0.3) is 0 Å². The van der Waals surface area contributed by atoms with Crippen LogP contribution in [0.25, 0.3) is 10.4 Å². The van der Waals surface area contributed by atoms with Crippen LogP contribution < -0.4 is 10.6 Å². The van der Waals surface area contributed by atoms with Gasteiger partial charge in [-0.2, -0.15) is 0 Å². The van der Waals surface area contributed by atoms with Gasteiger partial charge >= 0.3 is 5.97 Å². The van der Waals surface area contributed by atoms with Crippen LogP contribution in [0.4, 0.5) is 0 Å². The standard InChI is InChI=1S/C33H48N4O6S/c1-22-29(44-21-35-22)24-16-14-23(15-17-24)19-34-31(42)26-18-25(38)20-37(26)32(43)30(33(2,3)4)36-27(39)12-10-8-6-5-7-9-11-13-28(40)41/h14-17,21,25-26,30,38H,5-13,18-20H2,1-4H3,(H,34,42)(H,36,39)(H,40,41)/t25-,26+,30+/m1/s1. The Labute approximate surface area is 264 Å². The van der Waals surface area contributed by atoms with Crippen molar-refractivity contribution in [2.45, 2.75) is 117 Å². The number of aliphatic carboxylic acids is 1. The fourth-order valence-corrected chi connectivity index (χ4v) is 6.27. The number of unbranched alkanes of at least 4 members (excludes halogenated alkanes) is 6. The molecule has 11 heteroatoms. The van der Waals surface area contributed by atoms with Crippen LogP contribution in [0, 0.1) is 12.3 Å². The first-order valence-corrected chi connectivity index (χ1v) is 16.5. The summed E-state index contributed by atoms with van der Waals surface area (Å²) < 4.78 is 0. The molecule has 3 amide bonds. The van der Waals surface area contributed by atoms with Gasteiger partial charge in [-0.1, -0.05) is 77.1 Å². The number of benzene rings is 1. The fraction of sp³-hybridized carbons (Fsp3) is 0.606. The quantitative estimate of drug-likeness (QED) is 0.195. The molecule has 2 aromatic rings. The average molecular weight is 629 g/mol. The van der Waals surface area contributed by atoms with Crippen LogP contribution in [-0.2, 0) is 25.7 Å². The Morgan fingerprint density at radius 3 is 2.18 bits per heavy atom. The Balaban J connectivity index is 1.50. The molecule has 0 saturated carbocycles. The minimum atomic E-state index is -0.840. The third kappa shape index (κ3) is 10.7. The Hall–Kier alpha value is -3.31. The van der Waals surface area contributed by atoms with Crippen molar-refractivity contribution in [2.24, 2.45) is 5.41 Å². The molecule has 3 atom stereocenters. The molecule has 1 aromatic carbocycles. The number of hydrogen-bond donors (Lipinski definition) is 4. The minimum absolute atomic E-state index is 0.0364. The Morgan fingerprint density at radius 2 is 1.61 bits per heavy atom. The van der Waals surface area contributed by atoms with Gasteiger partial charge < -0.3 is 25.7 Å². The molecule has 44 heavy (non-hydrogen) atoms. The van der Waals surface area contributed by atoms with Gasteiger partial charge in [0.1, 0.15) is 12.1 Å². The van der Waals surface area contributed by atoms with Gasteiger partial charge in [-0.25, -0.2) is 4.98 Å². The number of nitrogens with zero attached hydrogens (tertiary/aromatic N) is 2. The second-order valence-electron chi connectivity index (χ2n) is 12.8. The van der Waals surface area contributed by atoms with Crippen molar-refractivity contribution in [2.75, 3.05) is 6.54 Å². The summed E-state index contributed by atoms with van der Waals surface area (Å²) in [6.45, 7) is 7.92. The molecule has 2 heterocycles. The van der Waals surface area contributed by atoms with E-state index >= 15 is 0 Å². The lowest BCUT2D eigenvalue weighted by Crippen LogP contribution is -2.57. The molecular weight excluding hydrogens is 580 g/mol. The highest BCUT2D eigenvalue weighted by Gasteiger charge is 2.44. The molecular formula is C33H48N4O6S. The topological polar surface area (TPSA) is 149 Å². The maximum atomic E-state index is 13.8. The fourth-order valence-electron chi connectivity index (χ4n) is 5.46. The monoisotopic (exact) mass is 628 g/mol. The van der Waals surface area contributed by atoms with Gasteiger partial charge in [-0.3, -0.25) is 19.2 Å². The largest absolute Gasteiger partial charge is 0.481 e. The van der Waals surface area contributed by atoms with E-state index in [-0.39, 0.29) is 43.7 Å². The van der Waals surface area contributed by atoms with Crippen molar-refractivity contribution in [3.63, 3.8) is 0 Å². The number of thiazole rings is 1. The van der Waals surface area contributed by atoms with Gasteiger partial charge in [0.15, 0.2) is 0 Å². The van der Waals surface area contributed by atoms with E-state index in [2.05, 4.69) is 15.6 Å². The zero-order valence-corrected chi connectivity index (χ0v) is 27.3. The lowest BCUT2D eigenvalue weighted by molar-refractivity contribution is -0.144. The first-order chi connectivity index (χ1) is 20.9. The molecule has 0 aliphatic carbocycles. The number of aliphatic hydroxyl groups is 1. The lowest BCUT2D eigenvalue weighted by Gasteiger charge is -2.35. The summed E-state index contributed by atoms with van der Waals surface area (Å²) in [6, 6.07) is 6.24. The lowest BCUT2D eigenvalue weighted by atomic mass is 9.85. The number of carbonyl (C=O) groups is 4. The van der Waals surface area contributed by atoms with Gasteiger partial charge in [-0.15, -0.1) is 11.3 Å². The highest BCUT2D eigenvalue weighted by atomic mass is 32.1. The molecule has 242 valence electrons. The summed E-state index contributed by atoms with van der Waals surface area (Å²) in [5.74, 6) is -1.67. The maximum absolute atomic E-state index is 13.8. The summed E-state index contributed by atoms with van der Waals surface area (Å²) in [5, 5.41) is 25.0. The molecule has 1 aliphatic rings. The van der Waals surface area contributed by atoms with Gasteiger partial charge in [-0.05, 0) is 36.3 Å². The van der Waals surface area contributed by atoms with Gasteiger partial charge in [0.05, 0.1) is 22.2 Å². The van der Waals surface area contributed by atoms with Crippen molar-refractivity contribution >= 4 is 35.0 Å². The number of rotatable bonds is 16. The van der Waals surface area contributed by atoms with Crippen molar-refractivity contribution in [1.29, 1.82) is 0 Å². The highest BCUT2D eigenvalue weighted by Crippen LogP contribution is 2.28. The summed E-state index contributed by atoms with van der Waals surface area (Å²) in [7, 11) is 0. The Morgan fingerprint density at radius 1 is 1.00 bits per heavy atom. The van der Waals surface area contributed by atoms with Gasteiger partial charge in [0, 0.05) is 32.4 Å². The van der Waals surface area contributed by atoms with Crippen LogP contribution >= 0.6 is 11.3 Å². The molecule has 4 N–H and O–H groups in total. The van der Waals surface area contributed by atoms with Crippen LogP contribution in [0.1, 0.15) is 96.2 Å². The number of β-amino-alcohol motifs (C(OH)–C–C–N with tert-alkyl or cyclic N) is 1.